The van der Waals surface area contributed by atoms with Gasteiger partial charge in [-0.1, -0.05) is 6.07 Å². The van der Waals surface area contributed by atoms with E-state index >= 15 is 0 Å². The van der Waals surface area contributed by atoms with Gasteiger partial charge in [0.2, 0.25) is 11.6 Å². The summed E-state index contributed by atoms with van der Waals surface area (Å²) in [5.41, 5.74) is 0.604. The quantitative estimate of drug-likeness (QED) is 0.909. The number of hydrogen-bond acceptors (Lipinski definition) is 5. The fraction of sp³-hybridized carbons (Fsp3) is 0.412. The van der Waals surface area contributed by atoms with Crippen molar-refractivity contribution in [3.05, 3.63) is 47.0 Å². The van der Waals surface area contributed by atoms with E-state index in [0.717, 1.165) is 32.0 Å². The lowest BCUT2D eigenvalue weighted by atomic mass is 10.0. The number of rotatable bonds is 5. The molecule has 1 aromatic carbocycles. The van der Waals surface area contributed by atoms with E-state index in [4.69, 9.17) is 9.68 Å². The Morgan fingerprint density at radius 2 is 2.12 bits per heavy atom. The molecule has 0 aliphatic carbocycles. The Bertz CT molecular complexity index is 762. The molecule has 1 N–H and O–H groups in total. The Morgan fingerprint density at radius 3 is 2.79 bits per heavy atom. The van der Waals surface area contributed by atoms with Crippen LogP contribution in [0.5, 0.6) is 0 Å². The highest BCUT2D eigenvalue weighted by Crippen LogP contribution is 2.28. The Morgan fingerprint density at radius 1 is 1.38 bits per heavy atom. The molecule has 1 aliphatic heterocycles. The lowest BCUT2D eigenvalue weighted by Crippen LogP contribution is -2.31. The number of nitriles is 1. The van der Waals surface area contributed by atoms with Crippen molar-refractivity contribution in [1.29, 1.82) is 5.26 Å². The molecule has 0 amide bonds. The molecule has 0 bridgehead atoms. The highest BCUT2D eigenvalue weighted by atomic mass is 19.1. The summed E-state index contributed by atoms with van der Waals surface area (Å²) < 4.78 is 32.8. The van der Waals surface area contributed by atoms with Crippen molar-refractivity contribution < 1.29 is 13.2 Å². The lowest BCUT2D eigenvalue weighted by molar-refractivity contribution is 0.249. The average Bonchev–Trinajstić information content (AvgIpc) is 3.19. The third-order valence-electron chi connectivity index (χ3n) is 4.20. The van der Waals surface area contributed by atoms with Crippen LogP contribution in [0.25, 0.3) is 0 Å². The second kappa shape index (κ2) is 6.97. The second-order valence-corrected chi connectivity index (χ2v) is 5.83. The molecule has 3 rings (SSSR count). The summed E-state index contributed by atoms with van der Waals surface area (Å²) in [7, 11) is 0. The molecule has 1 aromatic heterocycles. The molecule has 5 nitrogen and oxygen atoms in total. The van der Waals surface area contributed by atoms with E-state index in [-0.39, 0.29) is 17.6 Å². The third-order valence-corrected chi connectivity index (χ3v) is 4.20. The van der Waals surface area contributed by atoms with Gasteiger partial charge in [-0.05, 0) is 32.0 Å². The summed E-state index contributed by atoms with van der Waals surface area (Å²) in [5.74, 6) is -0.494. The number of halogens is 2. The summed E-state index contributed by atoms with van der Waals surface area (Å²) in [6.07, 6.45) is 2.09. The number of anilines is 1. The van der Waals surface area contributed by atoms with Crippen LogP contribution in [-0.2, 0) is 0 Å². The molecule has 0 spiro atoms. The topological polar surface area (TPSA) is 65.1 Å². The van der Waals surface area contributed by atoms with Crippen molar-refractivity contribution in [3.8, 4) is 6.07 Å². The van der Waals surface area contributed by atoms with Gasteiger partial charge in [0, 0.05) is 25.1 Å². The van der Waals surface area contributed by atoms with Crippen LogP contribution in [0.2, 0.25) is 0 Å². The fourth-order valence-corrected chi connectivity index (χ4v) is 3.07. The molecule has 126 valence electrons. The molecule has 24 heavy (non-hydrogen) atoms. The van der Waals surface area contributed by atoms with Crippen molar-refractivity contribution in [1.82, 2.24) is 9.88 Å². The van der Waals surface area contributed by atoms with Gasteiger partial charge >= 0.3 is 0 Å². The van der Waals surface area contributed by atoms with E-state index in [1.807, 2.05) is 6.07 Å². The van der Waals surface area contributed by atoms with Crippen molar-refractivity contribution in [2.45, 2.75) is 25.8 Å². The van der Waals surface area contributed by atoms with Gasteiger partial charge in [-0.15, -0.1) is 0 Å². The number of aryl methyl sites for hydroxylation is 1. The molecule has 1 atom stereocenters. The standard InChI is InChI=1S/C17H18F2N4O/c1-11-22-15(9-20)17(24-11)21-10-16(23-6-2-3-7-23)13-5-4-12(18)8-14(13)19/h4-5,8,16,21H,2-3,6-7,10H2,1H3. The van der Waals surface area contributed by atoms with Gasteiger partial charge in [0.15, 0.2) is 5.89 Å². The largest absolute Gasteiger partial charge is 0.424 e. The molecule has 0 saturated carbocycles. The van der Waals surface area contributed by atoms with Gasteiger partial charge in [0.25, 0.3) is 0 Å². The molecule has 7 heteroatoms. The predicted molar refractivity (Wildman–Crippen MR) is 84.4 cm³/mol. The van der Waals surface area contributed by atoms with E-state index in [0.29, 0.717) is 18.0 Å². The third kappa shape index (κ3) is 3.39. The summed E-state index contributed by atoms with van der Waals surface area (Å²) in [6, 6.07) is 5.33. The number of aromatic nitrogens is 1. The minimum Gasteiger partial charge on any atom is -0.424 e. The number of nitrogens with zero attached hydrogens (tertiary/aromatic N) is 3. The number of likely N-dealkylation sites (tertiary alicyclic amines) is 1. The van der Waals surface area contributed by atoms with E-state index < -0.39 is 11.6 Å². The lowest BCUT2D eigenvalue weighted by Gasteiger charge is -2.28. The Hall–Kier alpha value is -2.46. The smallest absolute Gasteiger partial charge is 0.232 e. The van der Waals surface area contributed by atoms with Crippen LogP contribution >= 0.6 is 0 Å². The van der Waals surface area contributed by atoms with Gasteiger partial charge in [0.1, 0.15) is 17.7 Å². The van der Waals surface area contributed by atoms with Gasteiger partial charge in [0.05, 0.1) is 6.04 Å². The van der Waals surface area contributed by atoms with Crippen molar-refractivity contribution in [2.75, 3.05) is 25.0 Å². The monoisotopic (exact) mass is 332 g/mol. The Kier molecular flexibility index (Phi) is 4.76. The summed E-state index contributed by atoms with van der Waals surface area (Å²) in [5, 5.41) is 12.1. The predicted octanol–water partition coefficient (Wildman–Crippen LogP) is 3.38. The van der Waals surface area contributed by atoms with Gasteiger partial charge in [-0.3, -0.25) is 4.90 Å². The van der Waals surface area contributed by atoms with Gasteiger partial charge < -0.3 is 9.73 Å². The van der Waals surface area contributed by atoms with E-state index in [1.54, 1.807) is 6.92 Å². The maximum atomic E-state index is 14.2. The van der Waals surface area contributed by atoms with Gasteiger partial charge in [-0.2, -0.15) is 5.26 Å². The zero-order chi connectivity index (χ0) is 17.1. The van der Waals surface area contributed by atoms with Crippen LogP contribution in [0.1, 0.15) is 36.0 Å². The van der Waals surface area contributed by atoms with Crippen molar-refractivity contribution >= 4 is 5.88 Å². The minimum atomic E-state index is -0.595. The molecule has 0 radical (unpaired) electrons. The molecule has 1 unspecified atom stereocenters. The molecular weight excluding hydrogens is 314 g/mol. The second-order valence-electron chi connectivity index (χ2n) is 5.83. The SMILES string of the molecule is Cc1nc(C#N)c(NCC(c2ccc(F)cc2F)N2CCCC2)o1. The number of nitrogens with one attached hydrogen (secondary N) is 1. The summed E-state index contributed by atoms with van der Waals surface area (Å²) in [4.78, 5) is 6.13. The zero-order valence-electron chi connectivity index (χ0n) is 13.4. The average molecular weight is 332 g/mol. The normalized spacial score (nSPS) is 16.1. The van der Waals surface area contributed by atoms with Crippen LogP contribution in [0.15, 0.2) is 22.6 Å². The van der Waals surface area contributed by atoms with Crippen LogP contribution in [0.4, 0.5) is 14.7 Å². The van der Waals surface area contributed by atoms with Gasteiger partial charge in [-0.25, -0.2) is 13.8 Å². The Labute approximate surface area is 138 Å². The van der Waals surface area contributed by atoms with E-state index in [9.17, 15) is 8.78 Å². The highest BCUT2D eigenvalue weighted by molar-refractivity contribution is 5.45. The first kappa shape index (κ1) is 16.4. The van der Waals surface area contributed by atoms with Crippen LogP contribution in [-0.4, -0.2) is 29.5 Å². The molecular formula is C17H18F2N4O. The first-order chi connectivity index (χ1) is 11.6. The first-order valence-electron chi connectivity index (χ1n) is 7.89. The molecule has 1 fully saturated rings. The van der Waals surface area contributed by atoms with E-state index in [1.165, 1.54) is 12.1 Å². The van der Waals surface area contributed by atoms with E-state index in [2.05, 4.69) is 15.2 Å². The summed E-state index contributed by atoms with van der Waals surface area (Å²) in [6.45, 7) is 3.70. The van der Waals surface area contributed by atoms with Crippen molar-refractivity contribution in [2.24, 2.45) is 0 Å². The van der Waals surface area contributed by atoms with Crippen LogP contribution in [0, 0.1) is 29.9 Å². The zero-order valence-corrected chi connectivity index (χ0v) is 13.4. The highest BCUT2D eigenvalue weighted by Gasteiger charge is 2.26. The first-order valence-corrected chi connectivity index (χ1v) is 7.89. The molecule has 2 aromatic rings. The number of benzene rings is 1. The van der Waals surface area contributed by atoms with Crippen LogP contribution in [0.3, 0.4) is 0 Å². The molecule has 1 aliphatic rings. The Balaban J connectivity index is 1.84. The maximum absolute atomic E-state index is 14.2. The summed E-state index contributed by atoms with van der Waals surface area (Å²) >= 11 is 0. The molecule has 2 heterocycles. The maximum Gasteiger partial charge on any atom is 0.232 e. The van der Waals surface area contributed by atoms with Crippen LogP contribution < -0.4 is 5.32 Å². The minimum absolute atomic E-state index is 0.173. The molecule has 1 saturated heterocycles. The number of oxazole rings is 1. The fourth-order valence-electron chi connectivity index (χ4n) is 3.07. The number of hydrogen-bond donors (Lipinski definition) is 1. The van der Waals surface area contributed by atoms with Crippen molar-refractivity contribution in [3.63, 3.8) is 0 Å².